The van der Waals surface area contributed by atoms with Gasteiger partial charge in [-0.05, 0) is 38.1 Å². The smallest absolute Gasteiger partial charge is 0.320 e. The number of nitrogens with zero attached hydrogens (tertiary/aromatic N) is 4. The van der Waals surface area contributed by atoms with Gasteiger partial charge in [-0.3, -0.25) is 4.79 Å². The fraction of sp³-hybridized carbons (Fsp3) is 0.421. The minimum Gasteiger partial charge on any atom is -0.426 e. The summed E-state index contributed by atoms with van der Waals surface area (Å²) in [4.78, 5) is 25.7. The van der Waals surface area contributed by atoms with Crippen LogP contribution in [0.25, 0.3) is 0 Å². The van der Waals surface area contributed by atoms with Crippen molar-refractivity contribution in [3.63, 3.8) is 0 Å². The molecule has 2 aliphatic rings. The number of piperazine rings is 1. The third kappa shape index (κ3) is 3.22. The zero-order chi connectivity index (χ0) is 17.4. The quantitative estimate of drug-likeness (QED) is 0.615. The zero-order valence-corrected chi connectivity index (χ0v) is 14.6. The number of hydrogen-bond donors (Lipinski definition) is 0. The van der Waals surface area contributed by atoms with E-state index in [0.29, 0.717) is 18.0 Å². The lowest BCUT2D eigenvalue weighted by molar-refractivity contribution is -0.137. The van der Waals surface area contributed by atoms with Gasteiger partial charge in [0.15, 0.2) is 0 Å². The number of hydrogen-bond acceptors (Lipinski definition) is 6. The molecule has 1 aromatic carbocycles. The average Bonchev–Trinajstić information content (AvgIpc) is 2.61. The molecule has 1 fully saturated rings. The molecule has 0 amide bonds. The Morgan fingerprint density at radius 2 is 1.96 bits per heavy atom. The van der Waals surface area contributed by atoms with Crippen LogP contribution in [0.4, 0.5) is 5.69 Å². The van der Waals surface area contributed by atoms with Crippen molar-refractivity contribution in [3.8, 4) is 5.75 Å². The summed E-state index contributed by atoms with van der Waals surface area (Å²) in [6.07, 6.45) is 2.31. The van der Waals surface area contributed by atoms with Gasteiger partial charge < -0.3 is 14.5 Å². The number of carbonyl (C=O) groups is 1. The number of fused-ring (bicyclic) bond motifs is 1. The second-order valence-corrected chi connectivity index (χ2v) is 6.79. The van der Waals surface area contributed by atoms with Gasteiger partial charge in [0.05, 0.1) is 5.69 Å². The van der Waals surface area contributed by atoms with Crippen molar-refractivity contribution in [1.29, 1.82) is 0 Å². The summed E-state index contributed by atoms with van der Waals surface area (Å²) in [7, 11) is 2.14. The summed E-state index contributed by atoms with van der Waals surface area (Å²) in [5, 5.41) is 0. The van der Waals surface area contributed by atoms with Gasteiger partial charge in [0.1, 0.15) is 17.5 Å². The molecule has 0 spiro atoms. The Hall–Kier alpha value is -2.47. The number of likely N-dealkylation sites (N-methyl/N-ethyl adjacent to an activating group) is 1. The number of anilines is 1. The van der Waals surface area contributed by atoms with E-state index in [1.807, 2.05) is 13.0 Å². The zero-order valence-electron chi connectivity index (χ0n) is 14.6. The van der Waals surface area contributed by atoms with Crippen LogP contribution in [-0.4, -0.2) is 54.1 Å². The van der Waals surface area contributed by atoms with Crippen LogP contribution < -0.4 is 9.64 Å². The third-order valence-corrected chi connectivity index (χ3v) is 4.99. The molecule has 130 valence electrons. The van der Waals surface area contributed by atoms with Crippen LogP contribution in [0.15, 0.2) is 30.5 Å². The summed E-state index contributed by atoms with van der Waals surface area (Å²) >= 11 is 0. The fourth-order valence-electron chi connectivity index (χ4n) is 3.44. The first-order valence-electron chi connectivity index (χ1n) is 8.68. The summed E-state index contributed by atoms with van der Waals surface area (Å²) < 4.78 is 5.65. The minimum absolute atomic E-state index is 0.235. The van der Waals surface area contributed by atoms with Crippen LogP contribution in [0, 0.1) is 6.92 Å². The highest BCUT2D eigenvalue weighted by molar-refractivity contribution is 5.83. The monoisotopic (exact) mass is 338 g/mol. The van der Waals surface area contributed by atoms with Crippen LogP contribution in [0.3, 0.4) is 0 Å². The molecule has 1 atom stereocenters. The second kappa shape index (κ2) is 6.44. The molecule has 25 heavy (non-hydrogen) atoms. The Kier molecular flexibility index (Phi) is 4.13. The van der Waals surface area contributed by atoms with Crippen molar-refractivity contribution in [1.82, 2.24) is 14.9 Å². The molecule has 1 unspecified atom stereocenters. The number of carbonyl (C=O) groups excluding carboxylic acids is 1. The van der Waals surface area contributed by atoms with Crippen LogP contribution in [0.1, 0.15) is 23.0 Å². The van der Waals surface area contributed by atoms with Crippen molar-refractivity contribution in [2.45, 2.75) is 19.3 Å². The Balaban J connectivity index is 1.57. The normalized spacial score (nSPS) is 21.0. The van der Waals surface area contributed by atoms with Gasteiger partial charge in [0.25, 0.3) is 0 Å². The lowest BCUT2D eigenvalue weighted by atomic mass is 9.93. The lowest BCUT2D eigenvalue weighted by Gasteiger charge is -2.34. The molecule has 1 saturated heterocycles. The number of ether oxygens (including phenoxy) is 1. The minimum atomic E-state index is -0.358. The molecule has 4 rings (SSSR count). The van der Waals surface area contributed by atoms with Gasteiger partial charge >= 0.3 is 5.97 Å². The first-order chi connectivity index (χ1) is 12.1. The van der Waals surface area contributed by atoms with Gasteiger partial charge in [-0.1, -0.05) is 6.07 Å². The summed E-state index contributed by atoms with van der Waals surface area (Å²) in [6.45, 7) is 5.91. The van der Waals surface area contributed by atoms with Crippen LogP contribution in [0.5, 0.6) is 5.75 Å². The topological polar surface area (TPSA) is 58.6 Å². The highest BCUT2D eigenvalue weighted by atomic mass is 16.5. The Morgan fingerprint density at radius 3 is 2.72 bits per heavy atom. The molecule has 1 aromatic heterocycles. The number of aryl methyl sites for hydroxylation is 1. The van der Waals surface area contributed by atoms with E-state index in [1.54, 1.807) is 12.3 Å². The van der Waals surface area contributed by atoms with E-state index in [4.69, 9.17) is 4.74 Å². The standard InChI is InChI=1S/C19H22N4O2/c1-13-20-6-5-17(21-13)16-11-14-3-4-15(12-18(14)25-19(16)24)23-9-7-22(2)8-10-23/h3-6,12,16H,7-11H2,1-2H3. The summed E-state index contributed by atoms with van der Waals surface area (Å²) in [6, 6.07) is 8.00. The Labute approximate surface area is 147 Å². The largest absolute Gasteiger partial charge is 0.426 e. The SMILES string of the molecule is Cc1nccc(C2Cc3ccc(N4CCN(C)CC4)cc3OC2=O)n1. The van der Waals surface area contributed by atoms with Gasteiger partial charge in [0.2, 0.25) is 0 Å². The van der Waals surface area contributed by atoms with Crippen LogP contribution in [0.2, 0.25) is 0 Å². The van der Waals surface area contributed by atoms with Crippen LogP contribution >= 0.6 is 0 Å². The van der Waals surface area contributed by atoms with E-state index in [1.165, 1.54) is 0 Å². The predicted molar refractivity (Wildman–Crippen MR) is 95.0 cm³/mol. The van der Waals surface area contributed by atoms with Crippen LogP contribution in [-0.2, 0) is 11.2 Å². The van der Waals surface area contributed by atoms with Gasteiger partial charge in [-0.15, -0.1) is 0 Å². The van der Waals surface area contributed by atoms with E-state index in [-0.39, 0.29) is 11.9 Å². The number of aromatic nitrogens is 2. The highest BCUT2D eigenvalue weighted by Gasteiger charge is 2.31. The molecule has 2 aliphatic heterocycles. The van der Waals surface area contributed by atoms with Crippen molar-refractivity contribution in [2.75, 3.05) is 38.1 Å². The van der Waals surface area contributed by atoms with Gasteiger partial charge in [0, 0.05) is 44.1 Å². The molecule has 0 saturated carbocycles. The third-order valence-electron chi connectivity index (χ3n) is 4.99. The molecular formula is C19H22N4O2. The number of rotatable bonds is 2. The molecular weight excluding hydrogens is 316 g/mol. The Morgan fingerprint density at radius 1 is 1.16 bits per heavy atom. The van der Waals surface area contributed by atoms with Gasteiger partial charge in [-0.2, -0.15) is 0 Å². The van der Waals surface area contributed by atoms with Crippen molar-refractivity contribution in [2.24, 2.45) is 0 Å². The molecule has 0 radical (unpaired) electrons. The molecule has 2 aromatic rings. The van der Waals surface area contributed by atoms with Crippen molar-refractivity contribution < 1.29 is 9.53 Å². The number of benzene rings is 1. The maximum atomic E-state index is 12.5. The number of esters is 1. The molecule has 3 heterocycles. The highest BCUT2D eigenvalue weighted by Crippen LogP contribution is 2.35. The van der Waals surface area contributed by atoms with E-state index < -0.39 is 0 Å². The molecule has 6 nitrogen and oxygen atoms in total. The summed E-state index contributed by atoms with van der Waals surface area (Å²) in [5.41, 5.74) is 2.90. The predicted octanol–water partition coefficient (Wildman–Crippen LogP) is 1.78. The van der Waals surface area contributed by atoms with E-state index in [9.17, 15) is 4.79 Å². The van der Waals surface area contributed by atoms with E-state index in [2.05, 4.69) is 38.9 Å². The average molecular weight is 338 g/mol. The molecule has 6 heteroatoms. The van der Waals surface area contributed by atoms with E-state index >= 15 is 0 Å². The van der Waals surface area contributed by atoms with Crippen molar-refractivity contribution >= 4 is 11.7 Å². The first kappa shape index (κ1) is 16.0. The molecule has 0 bridgehead atoms. The maximum Gasteiger partial charge on any atom is 0.320 e. The fourth-order valence-corrected chi connectivity index (χ4v) is 3.44. The van der Waals surface area contributed by atoms with E-state index in [0.717, 1.165) is 43.1 Å². The maximum absolute atomic E-state index is 12.5. The summed E-state index contributed by atoms with van der Waals surface area (Å²) in [5.74, 6) is 0.759. The van der Waals surface area contributed by atoms with Gasteiger partial charge in [-0.25, -0.2) is 9.97 Å². The molecule has 0 aliphatic carbocycles. The first-order valence-corrected chi connectivity index (χ1v) is 8.68. The molecule has 0 N–H and O–H groups in total. The Bertz CT molecular complexity index is 800. The van der Waals surface area contributed by atoms with Crippen molar-refractivity contribution in [3.05, 3.63) is 47.5 Å². The second-order valence-electron chi connectivity index (χ2n) is 6.79. The lowest BCUT2D eigenvalue weighted by Crippen LogP contribution is -2.44.